The van der Waals surface area contributed by atoms with Crippen LogP contribution in [0.4, 0.5) is 0 Å². The first-order chi connectivity index (χ1) is 6.86. The zero-order chi connectivity index (χ0) is 11.6. The molecule has 0 saturated carbocycles. The van der Waals surface area contributed by atoms with Crippen molar-refractivity contribution in [1.82, 2.24) is 0 Å². The summed E-state index contributed by atoms with van der Waals surface area (Å²) in [7, 11) is 0. The van der Waals surface area contributed by atoms with Crippen molar-refractivity contribution >= 4 is 11.6 Å². The summed E-state index contributed by atoms with van der Waals surface area (Å²) in [6.07, 6.45) is 0.229. The molecule has 0 aliphatic heterocycles. The van der Waals surface area contributed by atoms with Crippen molar-refractivity contribution in [3.05, 3.63) is 34.3 Å². The number of aliphatic hydroxyl groups is 1. The fraction of sp³-hybridized carbons (Fsp3) is 0.538. The smallest absolute Gasteiger partial charge is 0.0801 e. The quantitative estimate of drug-likeness (QED) is 0.806. The first kappa shape index (κ1) is 12.5. The van der Waals surface area contributed by atoms with Crippen LogP contribution < -0.4 is 0 Å². The Morgan fingerprint density at radius 1 is 1.33 bits per heavy atom. The summed E-state index contributed by atoms with van der Waals surface area (Å²) in [4.78, 5) is 0. The zero-order valence-corrected chi connectivity index (χ0v) is 10.6. The van der Waals surface area contributed by atoms with E-state index in [9.17, 15) is 5.11 Å². The molecule has 0 radical (unpaired) electrons. The monoisotopic (exact) mass is 226 g/mol. The molecule has 1 aromatic rings. The molecule has 0 spiro atoms. The van der Waals surface area contributed by atoms with Crippen LogP contribution in [0.1, 0.15) is 51.3 Å². The second-order valence-electron chi connectivity index (χ2n) is 4.91. The van der Waals surface area contributed by atoms with Crippen molar-refractivity contribution in [2.45, 2.75) is 45.6 Å². The van der Waals surface area contributed by atoms with Gasteiger partial charge in [0.2, 0.25) is 0 Å². The molecule has 1 aromatic carbocycles. The molecule has 15 heavy (non-hydrogen) atoms. The molecular formula is C13H19ClO. The lowest BCUT2D eigenvalue weighted by atomic mass is 9.85. The summed E-state index contributed by atoms with van der Waals surface area (Å²) < 4.78 is 0. The van der Waals surface area contributed by atoms with E-state index < -0.39 is 6.10 Å². The second-order valence-corrected chi connectivity index (χ2v) is 5.32. The van der Waals surface area contributed by atoms with E-state index in [1.165, 1.54) is 5.56 Å². The van der Waals surface area contributed by atoms with Crippen LogP contribution in [0.25, 0.3) is 0 Å². The maximum absolute atomic E-state index is 9.82. The first-order valence-corrected chi connectivity index (χ1v) is 5.72. The van der Waals surface area contributed by atoms with Crippen LogP contribution in [0.5, 0.6) is 0 Å². The lowest BCUT2D eigenvalue weighted by molar-refractivity contribution is 0.173. The zero-order valence-electron chi connectivity index (χ0n) is 9.84. The molecule has 0 aromatic heterocycles. The standard InChI is InChI=1S/C13H19ClO/c1-5-12(15)10-8-9(13(2,3)4)6-7-11(10)14/h6-8,12,15H,5H2,1-4H3. The van der Waals surface area contributed by atoms with Crippen molar-refractivity contribution in [2.75, 3.05) is 0 Å². The van der Waals surface area contributed by atoms with Gasteiger partial charge < -0.3 is 5.11 Å². The fourth-order valence-corrected chi connectivity index (χ4v) is 1.73. The minimum atomic E-state index is -0.459. The Morgan fingerprint density at radius 2 is 1.93 bits per heavy atom. The summed E-state index contributed by atoms with van der Waals surface area (Å²) in [6, 6.07) is 5.90. The number of hydrogen-bond acceptors (Lipinski definition) is 1. The highest BCUT2D eigenvalue weighted by atomic mass is 35.5. The van der Waals surface area contributed by atoms with E-state index in [-0.39, 0.29) is 5.41 Å². The average molecular weight is 227 g/mol. The highest BCUT2D eigenvalue weighted by Crippen LogP contribution is 2.30. The van der Waals surface area contributed by atoms with Gasteiger partial charge >= 0.3 is 0 Å². The number of benzene rings is 1. The molecule has 1 nitrogen and oxygen atoms in total. The van der Waals surface area contributed by atoms with Gasteiger partial charge in [0.05, 0.1) is 6.10 Å². The molecule has 1 unspecified atom stereocenters. The van der Waals surface area contributed by atoms with Gasteiger partial charge in [0, 0.05) is 5.02 Å². The van der Waals surface area contributed by atoms with E-state index in [1.807, 2.05) is 25.1 Å². The van der Waals surface area contributed by atoms with Gasteiger partial charge in [-0.25, -0.2) is 0 Å². The third-order valence-electron chi connectivity index (χ3n) is 2.61. The van der Waals surface area contributed by atoms with E-state index in [2.05, 4.69) is 20.8 Å². The number of rotatable bonds is 2. The largest absolute Gasteiger partial charge is 0.388 e. The Morgan fingerprint density at radius 3 is 2.40 bits per heavy atom. The molecule has 0 aliphatic rings. The number of aliphatic hydroxyl groups excluding tert-OH is 1. The van der Waals surface area contributed by atoms with Gasteiger partial charge in [-0.05, 0) is 29.0 Å². The van der Waals surface area contributed by atoms with Gasteiger partial charge in [-0.1, -0.05) is 51.4 Å². The summed E-state index contributed by atoms with van der Waals surface area (Å²) in [6.45, 7) is 8.40. The molecule has 1 N–H and O–H groups in total. The van der Waals surface area contributed by atoms with Crippen molar-refractivity contribution in [3.8, 4) is 0 Å². The van der Waals surface area contributed by atoms with Crippen LogP contribution in [0.15, 0.2) is 18.2 Å². The Balaban J connectivity index is 3.17. The van der Waals surface area contributed by atoms with Crippen molar-refractivity contribution < 1.29 is 5.11 Å². The minimum absolute atomic E-state index is 0.0901. The molecule has 1 rings (SSSR count). The highest BCUT2D eigenvalue weighted by Gasteiger charge is 2.17. The Labute approximate surface area is 97.1 Å². The van der Waals surface area contributed by atoms with Gasteiger partial charge in [0.15, 0.2) is 0 Å². The Bertz CT molecular complexity index is 339. The Hall–Kier alpha value is -0.530. The van der Waals surface area contributed by atoms with E-state index in [0.29, 0.717) is 11.4 Å². The minimum Gasteiger partial charge on any atom is -0.388 e. The van der Waals surface area contributed by atoms with Crippen LogP contribution >= 0.6 is 11.6 Å². The van der Waals surface area contributed by atoms with Crippen LogP contribution in [0.3, 0.4) is 0 Å². The topological polar surface area (TPSA) is 20.2 Å². The maximum Gasteiger partial charge on any atom is 0.0801 e. The second kappa shape index (κ2) is 4.54. The van der Waals surface area contributed by atoms with Crippen LogP contribution in [-0.2, 0) is 5.41 Å². The molecule has 0 bridgehead atoms. The molecule has 2 heteroatoms. The predicted octanol–water partition coefficient (Wildman–Crippen LogP) is 4.08. The normalized spacial score (nSPS) is 14.0. The molecule has 0 aliphatic carbocycles. The van der Waals surface area contributed by atoms with E-state index >= 15 is 0 Å². The van der Waals surface area contributed by atoms with Gasteiger partial charge in [0.1, 0.15) is 0 Å². The van der Waals surface area contributed by atoms with E-state index in [0.717, 1.165) is 5.56 Å². The van der Waals surface area contributed by atoms with E-state index in [4.69, 9.17) is 11.6 Å². The van der Waals surface area contributed by atoms with Gasteiger partial charge in [0.25, 0.3) is 0 Å². The van der Waals surface area contributed by atoms with Gasteiger partial charge in [-0.3, -0.25) is 0 Å². The third-order valence-corrected chi connectivity index (χ3v) is 2.95. The molecule has 0 saturated heterocycles. The summed E-state index contributed by atoms with van der Waals surface area (Å²) in [5.74, 6) is 0. The number of hydrogen-bond donors (Lipinski definition) is 1. The molecule has 84 valence electrons. The molecular weight excluding hydrogens is 208 g/mol. The highest BCUT2D eigenvalue weighted by molar-refractivity contribution is 6.31. The molecule has 0 fully saturated rings. The Kier molecular flexibility index (Phi) is 3.80. The van der Waals surface area contributed by atoms with Crippen molar-refractivity contribution in [1.29, 1.82) is 0 Å². The third kappa shape index (κ3) is 2.96. The lowest BCUT2D eigenvalue weighted by Crippen LogP contribution is -2.12. The van der Waals surface area contributed by atoms with E-state index in [1.54, 1.807) is 0 Å². The molecule has 0 heterocycles. The van der Waals surface area contributed by atoms with Crippen molar-refractivity contribution in [3.63, 3.8) is 0 Å². The fourth-order valence-electron chi connectivity index (χ4n) is 1.49. The van der Waals surface area contributed by atoms with Gasteiger partial charge in [-0.15, -0.1) is 0 Å². The SMILES string of the molecule is CCC(O)c1cc(C(C)(C)C)ccc1Cl. The maximum atomic E-state index is 9.82. The summed E-state index contributed by atoms with van der Waals surface area (Å²) >= 11 is 6.06. The van der Waals surface area contributed by atoms with Crippen molar-refractivity contribution in [2.24, 2.45) is 0 Å². The average Bonchev–Trinajstić information content (AvgIpc) is 2.15. The van der Waals surface area contributed by atoms with Crippen LogP contribution in [0, 0.1) is 0 Å². The molecule has 1 atom stereocenters. The van der Waals surface area contributed by atoms with Crippen LogP contribution in [0.2, 0.25) is 5.02 Å². The molecule has 0 amide bonds. The number of halogens is 1. The summed E-state index contributed by atoms with van der Waals surface area (Å²) in [5, 5.41) is 10.5. The lowest BCUT2D eigenvalue weighted by Gasteiger charge is -2.21. The summed E-state index contributed by atoms with van der Waals surface area (Å²) in [5.41, 5.74) is 2.13. The van der Waals surface area contributed by atoms with Gasteiger partial charge in [-0.2, -0.15) is 0 Å². The first-order valence-electron chi connectivity index (χ1n) is 5.34. The predicted molar refractivity (Wildman–Crippen MR) is 65.4 cm³/mol. The van der Waals surface area contributed by atoms with Crippen LogP contribution in [-0.4, -0.2) is 5.11 Å².